The molecule has 9 rings (SSSR count). The monoisotopic (exact) mass is 543 g/mol. The van der Waals surface area contributed by atoms with Crippen molar-refractivity contribution in [1.82, 2.24) is 4.57 Å². The van der Waals surface area contributed by atoms with Crippen LogP contribution in [0.4, 0.5) is 0 Å². The van der Waals surface area contributed by atoms with E-state index in [2.05, 4.69) is 114 Å². The van der Waals surface area contributed by atoms with Crippen LogP contribution in [0.1, 0.15) is 0 Å². The molecule has 192 valence electrons. The highest BCUT2D eigenvalue weighted by molar-refractivity contribution is 7.27. The predicted octanol–water partition coefficient (Wildman–Crippen LogP) is 8.69. The van der Waals surface area contributed by atoms with Crippen molar-refractivity contribution in [1.29, 1.82) is 0 Å². The summed E-state index contributed by atoms with van der Waals surface area (Å²) in [7, 11) is -0.0588. The van der Waals surface area contributed by atoms with Crippen molar-refractivity contribution in [3.63, 3.8) is 0 Å². The van der Waals surface area contributed by atoms with E-state index in [1.807, 2.05) is 23.5 Å². The van der Waals surface area contributed by atoms with E-state index in [-0.39, 0.29) is 7.48 Å². The van der Waals surface area contributed by atoms with Crippen LogP contribution >= 0.6 is 11.3 Å². The summed E-state index contributed by atoms with van der Waals surface area (Å²) in [5.41, 5.74) is 8.18. The van der Waals surface area contributed by atoms with Gasteiger partial charge in [-0.25, -0.2) is 0 Å². The molecule has 9 aromatic rings. The van der Waals surface area contributed by atoms with E-state index in [4.69, 9.17) is 4.42 Å². The lowest BCUT2D eigenvalue weighted by atomic mass is 9.87. The van der Waals surface area contributed by atoms with Crippen molar-refractivity contribution in [3.05, 3.63) is 121 Å². The van der Waals surface area contributed by atoms with Crippen LogP contribution in [-0.2, 0) is 0 Å². The molecule has 3 heterocycles. The van der Waals surface area contributed by atoms with E-state index >= 15 is 0 Å². The van der Waals surface area contributed by atoms with Gasteiger partial charge in [-0.1, -0.05) is 103 Å². The molecule has 0 saturated heterocycles. The third-order valence-corrected chi connectivity index (χ3v) is 9.65. The van der Waals surface area contributed by atoms with Crippen LogP contribution in [0.5, 0.6) is 0 Å². The van der Waals surface area contributed by atoms with E-state index < -0.39 is 0 Å². The molecule has 0 radical (unpaired) electrons. The average Bonchev–Trinajstić information content (AvgIpc) is 3.71. The molecule has 41 heavy (non-hydrogen) atoms. The third kappa shape index (κ3) is 3.13. The molecule has 0 aliphatic rings. The first kappa shape index (κ1) is 22.9. The van der Waals surface area contributed by atoms with Crippen LogP contribution in [0.15, 0.2) is 126 Å². The number of nitrogens with zero attached hydrogens (tertiary/aromatic N) is 1. The standard InChI is InChI=1S/C36H22BNO2S/c39-37-28-16-7-13-23-24-14-8-18-31(34(24)40-33(23)28)38-29-17-5-4-11-27(29)32-30(38)20-19-26-25-15-6-12-22(35(25)41-36(26)32)21-9-2-1-3-10-21/h1-20,37,39H. The first-order chi connectivity index (χ1) is 20.3. The molecule has 3 aromatic heterocycles. The fraction of sp³-hybridized carbons (Fsp3) is 0. The summed E-state index contributed by atoms with van der Waals surface area (Å²) in [6.07, 6.45) is 0. The van der Waals surface area contributed by atoms with Gasteiger partial charge in [0.15, 0.2) is 5.58 Å². The highest BCUT2D eigenvalue weighted by atomic mass is 32.1. The Bertz CT molecular complexity index is 2470. The Morgan fingerprint density at radius 1 is 0.561 bits per heavy atom. The Kier molecular flexibility index (Phi) is 4.80. The smallest absolute Gasteiger partial charge is 0.308 e. The van der Waals surface area contributed by atoms with Crippen LogP contribution in [0.3, 0.4) is 0 Å². The van der Waals surface area contributed by atoms with Gasteiger partial charge in [0.2, 0.25) is 0 Å². The summed E-state index contributed by atoms with van der Waals surface area (Å²) >= 11 is 1.88. The Morgan fingerprint density at radius 2 is 1.27 bits per heavy atom. The molecule has 1 N–H and O–H groups in total. The van der Waals surface area contributed by atoms with Crippen molar-refractivity contribution in [2.24, 2.45) is 0 Å². The maximum atomic E-state index is 9.99. The molecule has 0 spiro atoms. The number of hydrogen-bond donors (Lipinski definition) is 1. The van der Waals surface area contributed by atoms with Crippen molar-refractivity contribution < 1.29 is 9.44 Å². The summed E-state index contributed by atoms with van der Waals surface area (Å²) in [5, 5.41) is 17.1. The molecule has 0 amide bonds. The van der Waals surface area contributed by atoms with E-state index in [9.17, 15) is 5.02 Å². The quantitative estimate of drug-likeness (QED) is 0.227. The fourth-order valence-electron chi connectivity index (χ4n) is 6.58. The van der Waals surface area contributed by atoms with Gasteiger partial charge in [-0.05, 0) is 34.8 Å². The second-order valence-electron chi connectivity index (χ2n) is 10.5. The summed E-state index contributed by atoms with van der Waals surface area (Å²) in [6, 6.07) is 42.9. The number of thiophene rings is 1. The lowest BCUT2D eigenvalue weighted by molar-refractivity contribution is 0.613. The second-order valence-corrected chi connectivity index (χ2v) is 11.6. The Hall–Kier alpha value is -4.84. The van der Waals surface area contributed by atoms with Gasteiger partial charge in [-0.15, -0.1) is 11.3 Å². The molecule has 0 aliphatic carbocycles. The lowest BCUT2D eigenvalue weighted by Gasteiger charge is -2.08. The van der Waals surface area contributed by atoms with Gasteiger partial charge < -0.3 is 14.0 Å². The largest absolute Gasteiger partial charge is 0.454 e. The van der Waals surface area contributed by atoms with Gasteiger partial charge in [-0.3, -0.25) is 0 Å². The summed E-state index contributed by atoms with van der Waals surface area (Å²) in [6.45, 7) is 0. The second kappa shape index (κ2) is 8.58. The normalized spacial score (nSPS) is 12.0. The number of para-hydroxylation sites is 3. The molecule has 0 aliphatic heterocycles. The fourth-order valence-corrected chi connectivity index (χ4v) is 7.97. The summed E-state index contributed by atoms with van der Waals surface area (Å²) < 4.78 is 11.5. The van der Waals surface area contributed by atoms with Crippen molar-refractivity contribution in [2.75, 3.05) is 0 Å². The number of furan rings is 1. The molecule has 0 bridgehead atoms. The molecule has 6 aromatic carbocycles. The van der Waals surface area contributed by atoms with Gasteiger partial charge >= 0.3 is 7.48 Å². The first-order valence-corrected chi connectivity index (χ1v) is 14.6. The maximum Gasteiger partial charge on any atom is 0.308 e. The van der Waals surface area contributed by atoms with E-state index in [1.165, 1.54) is 42.1 Å². The minimum Gasteiger partial charge on any atom is -0.454 e. The van der Waals surface area contributed by atoms with Crippen LogP contribution < -0.4 is 5.46 Å². The molecule has 0 saturated carbocycles. The molecular formula is C36H22BNO2S. The molecule has 0 atom stereocenters. The number of fused-ring (bicyclic) bond motifs is 10. The average molecular weight is 543 g/mol. The highest BCUT2D eigenvalue weighted by Crippen LogP contribution is 2.46. The van der Waals surface area contributed by atoms with E-state index in [1.54, 1.807) is 0 Å². The topological polar surface area (TPSA) is 38.3 Å². The van der Waals surface area contributed by atoms with Gasteiger partial charge in [-0.2, -0.15) is 0 Å². The summed E-state index contributed by atoms with van der Waals surface area (Å²) in [5.74, 6) is 0. The molecule has 0 fully saturated rings. The van der Waals surface area contributed by atoms with Gasteiger partial charge in [0.1, 0.15) is 5.58 Å². The van der Waals surface area contributed by atoms with E-state index in [0.29, 0.717) is 0 Å². The van der Waals surface area contributed by atoms with E-state index in [0.717, 1.165) is 44.1 Å². The predicted molar refractivity (Wildman–Crippen MR) is 175 cm³/mol. The SMILES string of the molecule is OBc1cccc2c1oc1c(-n3c4ccccc4c4c5sc6c(-c7ccccc7)cccc6c5ccc43)cccc12. The molecular weight excluding hydrogens is 521 g/mol. The van der Waals surface area contributed by atoms with Crippen molar-refractivity contribution in [3.8, 4) is 16.8 Å². The zero-order valence-electron chi connectivity index (χ0n) is 22.0. The minimum absolute atomic E-state index is 0.0588. The number of hydrogen-bond acceptors (Lipinski definition) is 3. The number of aromatic nitrogens is 1. The van der Waals surface area contributed by atoms with Gasteiger partial charge in [0.25, 0.3) is 0 Å². The third-order valence-electron chi connectivity index (χ3n) is 8.38. The minimum atomic E-state index is -0.0588. The Labute approximate surface area is 239 Å². The Balaban J connectivity index is 1.41. The zero-order valence-corrected chi connectivity index (χ0v) is 22.8. The van der Waals surface area contributed by atoms with Crippen molar-refractivity contribution >= 4 is 88.2 Å². The first-order valence-electron chi connectivity index (χ1n) is 13.8. The number of benzene rings is 6. The van der Waals surface area contributed by atoms with Crippen LogP contribution in [0, 0.1) is 0 Å². The van der Waals surface area contributed by atoms with Gasteiger partial charge in [0, 0.05) is 41.7 Å². The zero-order chi connectivity index (χ0) is 27.1. The van der Waals surface area contributed by atoms with Gasteiger partial charge in [0.05, 0.1) is 16.7 Å². The molecule has 3 nitrogen and oxygen atoms in total. The van der Waals surface area contributed by atoms with Crippen LogP contribution in [0.25, 0.3) is 80.7 Å². The maximum absolute atomic E-state index is 9.99. The van der Waals surface area contributed by atoms with Crippen molar-refractivity contribution in [2.45, 2.75) is 0 Å². The van der Waals surface area contributed by atoms with Crippen LogP contribution in [-0.4, -0.2) is 17.1 Å². The van der Waals surface area contributed by atoms with Crippen LogP contribution in [0.2, 0.25) is 0 Å². The Morgan fingerprint density at radius 3 is 2.15 bits per heavy atom. The molecule has 0 unspecified atom stereocenters. The highest BCUT2D eigenvalue weighted by Gasteiger charge is 2.21. The number of rotatable bonds is 3. The molecule has 5 heteroatoms. The summed E-state index contributed by atoms with van der Waals surface area (Å²) in [4.78, 5) is 0. The lowest BCUT2D eigenvalue weighted by Crippen LogP contribution is -2.13.